The number of ether oxygens (including phenoxy) is 1. The van der Waals surface area contributed by atoms with Gasteiger partial charge in [-0.1, -0.05) is 57.2 Å². The van der Waals surface area contributed by atoms with Crippen molar-refractivity contribution in [1.82, 2.24) is 4.31 Å². The van der Waals surface area contributed by atoms with E-state index in [1.54, 1.807) is 12.1 Å². The molecule has 0 aromatic heterocycles. The van der Waals surface area contributed by atoms with Crippen LogP contribution in [0.3, 0.4) is 0 Å². The molecule has 1 heterocycles. The van der Waals surface area contributed by atoms with Crippen LogP contribution in [0.5, 0.6) is 0 Å². The molecule has 0 spiro atoms. The highest BCUT2D eigenvalue weighted by Crippen LogP contribution is 2.40. The van der Waals surface area contributed by atoms with E-state index in [2.05, 4.69) is 13.2 Å². The number of allylic oxidation sites excluding steroid dienone is 1. The minimum absolute atomic E-state index is 0.0581. The average molecular weight is 378 g/mol. The van der Waals surface area contributed by atoms with Gasteiger partial charge in [-0.3, -0.25) is 0 Å². The van der Waals surface area contributed by atoms with Crippen LogP contribution in [0, 0.1) is 12.3 Å². The van der Waals surface area contributed by atoms with Crippen molar-refractivity contribution in [2.45, 2.75) is 58.1 Å². The van der Waals surface area contributed by atoms with Gasteiger partial charge < -0.3 is 4.74 Å². The number of cyclic esters (lactones) is 1. The molecule has 1 fully saturated rings. The molecule has 1 aliphatic heterocycles. The lowest BCUT2D eigenvalue weighted by Crippen LogP contribution is -2.45. The molecule has 1 amide bonds. The maximum absolute atomic E-state index is 13.2. The van der Waals surface area contributed by atoms with Crippen molar-refractivity contribution in [2.24, 2.45) is 5.41 Å². The number of rotatable bonds is 5. The van der Waals surface area contributed by atoms with E-state index in [0.717, 1.165) is 15.4 Å². The maximum atomic E-state index is 13.2. The summed E-state index contributed by atoms with van der Waals surface area (Å²) in [7, 11) is -4.06. The molecule has 1 aromatic carbocycles. The van der Waals surface area contributed by atoms with E-state index in [0.29, 0.717) is 12.0 Å². The van der Waals surface area contributed by atoms with Crippen LogP contribution in [0.2, 0.25) is 0 Å². The molecular weight excluding hydrogens is 350 g/mol. The van der Waals surface area contributed by atoms with Crippen LogP contribution in [0.1, 0.15) is 39.7 Å². The predicted octanol–water partition coefficient (Wildman–Crippen LogP) is 4.44. The van der Waals surface area contributed by atoms with Crippen LogP contribution >= 0.6 is 0 Å². The Morgan fingerprint density at radius 1 is 1.19 bits per heavy atom. The third kappa shape index (κ3) is 3.85. The van der Waals surface area contributed by atoms with E-state index < -0.39 is 33.7 Å². The van der Waals surface area contributed by atoms with Crippen molar-refractivity contribution in [2.75, 3.05) is 0 Å². The molecule has 1 aromatic rings. The molecule has 2 rings (SSSR count). The van der Waals surface area contributed by atoms with Crippen molar-refractivity contribution in [3.05, 3.63) is 54.1 Å². The summed E-state index contributed by atoms with van der Waals surface area (Å²) in [6, 6.07) is 5.63. The molecule has 1 aliphatic rings. The van der Waals surface area contributed by atoms with Crippen molar-refractivity contribution in [1.29, 1.82) is 0 Å². The molecule has 5 nitrogen and oxygen atoms in total. The molecule has 26 heavy (non-hydrogen) atoms. The van der Waals surface area contributed by atoms with E-state index >= 15 is 0 Å². The topological polar surface area (TPSA) is 63.7 Å². The second-order valence-corrected chi connectivity index (χ2v) is 9.84. The number of aryl methyl sites for hydroxylation is 1. The Morgan fingerprint density at radius 2 is 1.73 bits per heavy atom. The molecule has 2 atom stereocenters. The lowest BCUT2D eigenvalue weighted by Gasteiger charge is -2.32. The summed E-state index contributed by atoms with van der Waals surface area (Å²) in [5.74, 6) is 0. The van der Waals surface area contributed by atoms with E-state index in [4.69, 9.17) is 4.74 Å². The van der Waals surface area contributed by atoms with Crippen LogP contribution in [0.25, 0.3) is 0 Å². The van der Waals surface area contributed by atoms with E-state index in [-0.39, 0.29) is 4.90 Å². The summed E-state index contributed by atoms with van der Waals surface area (Å²) in [5, 5.41) is 0. The molecular formula is C20H27NO4S. The zero-order chi connectivity index (χ0) is 19.9. The summed E-state index contributed by atoms with van der Waals surface area (Å²) in [6.07, 6.45) is -1.06. The van der Waals surface area contributed by atoms with Crippen LogP contribution in [-0.4, -0.2) is 31.0 Å². The normalized spacial score (nSPS) is 20.8. The number of hydrogen-bond acceptors (Lipinski definition) is 4. The highest BCUT2D eigenvalue weighted by atomic mass is 32.2. The second-order valence-electron chi connectivity index (χ2n) is 8.02. The zero-order valence-electron chi connectivity index (χ0n) is 16.1. The summed E-state index contributed by atoms with van der Waals surface area (Å²) < 4.78 is 32.7. The Hall–Kier alpha value is -2.08. The van der Waals surface area contributed by atoms with Gasteiger partial charge in [0.1, 0.15) is 12.1 Å². The summed E-state index contributed by atoms with van der Waals surface area (Å²) in [5.41, 5.74) is 1.92. The number of carbonyl (C=O) groups excluding carboxylic acids is 1. The number of carbonyl (C=O) groups is 1. The Morgan fingerprint density at radius 3 is 2.19 bits per heavy atom. The number of nitrogens with zero attached hydrogens (tertiary/aromatic N) is 1. The molecule has 0 N–H and O–H groups in total. The van der Waals surface area contributed by atoms with Crippen LogP contribution < -0.4 is 0 Å². The fraction of sp³-hybridized carbons (Fsp3) is 0.450. The molecule has 1 saturated heterocycles. The average Bonchev–Trinajstić information content (AvgIpc) is 2.85. The molecule has 0 aliphatic carbocycles. The van der Waals surface area contributed by atoms with E-state index in [1.165, 1.54) is 12.1 Å². The molecule has 0 saturated carbocycles. The van der Waals surface area contributed by atoms with Crippen molar-refractivity contribution in [3.63, 3.8) is 0 Å². The van der Waals surface area contributed by atoms with E-state index in [9.17, 15) is 13.2 Å². The molecule has 0 bridgehead atoms. The fourth-order valence-electron chi connectivity index (χ4n) is 3.06. The fourth-order valence-corrected chi connectivity index (χ4v) is 4.56. The third-order valence-electron chi connectivity index (χ3n) is 4.33. The van der Waals surface area contributed by atoms with Crippen LogP contribution in [0.4, 0.5) is 4.79 Å². The van der Waals surface area contributed by atoms with Gasteiger partial charge >= 0.3 is 6.09 Å². The van der Waals surface area contributed by atoms with Crippen LogP contribution in [-0.2, 0) is 14.8 Å². The second kappa shape index (κ2) is 6.91. The lowest BCUT2D eigenvalue weighted by atomic mass is 9.81. The highest BCUT2D eigenvalue weighted by Gasteiger charge is 2.53. The van der Waals surface area contributed by atoms with Gasteiger partial charge in [-0.2, -0.15) is 4.31 Å². The van der Waals surface area contributed by atoms with Crippen molar-refractivity contribution < 1.29 is 17.9 Å². The number of amides is 1. The Bertz CT molecular complexity index is 832. The van der Waals surface area contributed by atoms with Gasteiger partial charge in [-0.15, -0.1) is 0 Å². The Labute approximate surface area is 156 Å². The van der Waals surface area contributed by atoms with Gasteiger partial charge in [0, 0.05) is 5.41 Å². The summed E-state index contributed by atoms with van der Waals surface area (Å²) in [4.78, 5) is 12.6. The molecule has 0 unspecified atom stereocenters. The first-order valence-corrected chi connectivity index (χ1v) is 9.93. The standard InChI is InChI=1S/C20H27NO4S/c1-13(2)12-15(4)17-18(20(5,6)7)25-19(22)21(17)26(23,24)16-10-8-14(3)9-11-16/h8-11,17-18H,1,4,12H2,2-3,5-7H3/t17-,18+/m0/s1. The number of sulfonamides is 1. The maximum Gasteiger partial charge on any atom is 0.424 e. The predicted molar refractivity (Wildman–Crippen MR) is 102 cm³/mol. The van der Waals surface area contributed by atoms with Gasteiger partial charge in [-0.05, 0) is 38.0 Å². The van der Waals surface area contributed by atoms with Gasteiger partial charge in [-0.25, -0.2) is 13.2 Å². The Kier molecular flexibility index (Phi) is 5.38. The molecule has 6 heteroatoms. The first-order chi connectivity index (χ1) is 11.9. The smallest absolute Gasteiger partial charge is 0.424 e. The first-order valence-electron chi connectivity index (χ1n) is 8.49. The molecule has 142 valence electrons. The minimum atomic E-state index is -4.06. The number of benzene rings is 1. The first kappa shape index (κ1) is 20.2. The zero-order valence-corrected chi connectivity index (χ0v) is 16.9. The quantitative estimate of drug-likeness (QED) is 0.712. The van der Waals surface area contributed by atoms with Gasteiger partial charge in [0.2, 0.25) is 0 Å². The minimum Gasteiger partial charge on any atom is -0.442 e. The van der Waals surface area contributed by atoms with Crippen molar-refractivity contribution >= 4 is 16.1 Å². The summed E-state index contributed by atoms with van der Waals surface area (Å²) >= 11 is 0. The Balaban J connectivity index is 2.55. The van der Waals surface area contributed by atoms with Gasteiger partial charge in [0.25, 0.3) is 10.0 Å². The van der Waals surface area contributed by atoms with Gasteiger partial charge in [0.15, 0.2) is 0 Å². The van der Waals surface area contributed by atoms with Gasteiger partial charge in [0.05, 0.1) is 4.90 Å². The van der Waals surface area contributed by atoms with E-state index in [1.807, 2.05) is 34.6 Å². The highest BCUT2D eigenvalue weighted by molar-refractivity contribution is 7.89. The monoisotopic (exact) mass is 377 g/mol. The van der Waals surface area contributed by atoms with Crippen LogP contribution in [0.15, 0.2) is 53.5 Å². The van der Waals surface area contributed by atoms with Crippen molar-refractivity contribution in [3.8, 4) is 0 Å². The number of hydrogen-bond donors (Lipinski definition) is 0. The largest absolute Gasteiger partial charge is 0.442 e. The molecule has 0 radical (unpaired) electrons. The lowest BCUT2D eigenvalue weighted by molar-refractivity contribution is 0.0611. The summed E-state index contributed by atoms with van der Waals surface area (Å²) in [6.45, 7) is 17.4. The third-order valence-corrected chi connectivity index (χ3v) is 6.09. The SMILES string of the molecule is C=C(C)CC(=C)[C@H]1[C@H](C(C)(C)C)OC(=O)N1S(=O)(=O)c1ccc(C)cc1.